The van der Waals surface area contributed by atoms with Gasteiger partial charge < -0.3 is 9.64 Å². The first-order valence-corrected chi connectivity index (χ1v) is 12.6. The van der Waals surface area contributed by atoms with Gasteiger partial charge in [-0.1, -0.05) is 26.0 Å². The van der Waals surface area contributed by atoms with Gasteiger partial charge in [0, 0.05) is 44.3 Å². The highest BCUT2D eigenvalue weighted by Crippen LogP contribution is 2.32. The molecule has 2 aromatic heterocycles. The topological polar surface area (TPSA) is 41.5 Å². The van der Waals surface area contributed by atoms with E-state index in [-0.39, 0.29) is 0 Å². The van der Waals surface area contributed by atoms with E-state index in [1.54, 1.807) is 0 Å². The zero-order chi connectivity index (χ0) is 22.6. The van der Waals surface area contributed by atoms with Gasteiger partial charge in [0.2, 0.25) is 0 Å². The predicted octanol–water partition coefficient (Wildman–Crippen LogP) is 5.55. The largest absolute Gasteiger partial charge is 0.490 e. The molecule has 0 spiro atoms. The van der Waals surface area contributed by atoms with Gasteiger partial charge in [-0.25, -0.2) is 4.98 Å². The van der Waals surface area contributed by atoms with Crippen LogP contribution >= 0.6 is 0 Å². The van der Waals surface area contributed by atoms with Crippen LogP contribution in [0, 0.1) is 11.8 Å². The van der Waals surface area contributed by atoms with Gasteiger partial charge in [-0.05, 0) is 73.9 Å². The fourth-order valence-electron chi connectivity index (χ4n) is 5.28. The van der Waals surface area contributed by atoms with Gasteiger partial charge in [0.1, 0.15) is 11.6 Å². The van der Waals surface area contributed by atoms with Crippen molar-refractivity contribution in [1.29, 1.82) is 0 Å². The maximum Gasteiger partial charge on any atom is 0.128 e. The lowest BCUT2D eigenvalue weighted by atomic mass is 9.80. The Balaban J connectivity index is 1.16. The highest BCUT2D eigenvalue weighted by atomic mass is 16.5. The van der Waals surface area contributed by atoms with Crippen LogP contribution in [0.15, 0.2) is 54.7 Å². The lowest BCUT2D eigenvalue weighted by Gasteiger charge is -2.35. The Bertz CT molecular complexity index is 1040. The smallest absolute Gasteiger partial charge is 0.128 e. The average molecular weight is 445 g/mol. The van der Waals surface area contributed by atoms with Gasteiger partial charge in [0.15, 0.2) is 0 Å². The van der Waals surface area contributed by atoms with Crippen LogP contribution in [0.25, 0.3) is 10.9 Å². The Morgan fingerprint density at radius 3 is 2.48 bits per heavy atom. The lowest BCUT2D eigenvalue weighted by Crippen LogP contribution is -2.46. The minimum absolute atomic E-state index is 0.356. The van der Waals surface area contributed by atoms with E-state index >= 15 is 0 Å². The van der Waals surface area contributed by atoms with E-state index in [1.807, 2.05) is 12.3 Å². The molecule has 33 heavy (non-hydrogen) atoms. The second-order valence-electron chi connectivity index (χ2n) is 10.0. The maximum atomic E-state index is 6.34. The first-order chi connectivity index (χ1) is 16.1. The molecule has 3 aromatic rings. The van der Waals surface area contributed by atoms with E-state index in [1.165, 1.54) is 25.7 Å². The van der Waals surface area contributed by atoms with Gasteiger partial charge in [-0.2, -0.15) is 0 Å². The molecule has 0 atom stereocenters. The van der Waals surface area contributed by atoms with Crippen molar-refractivity contribution < 1.29 is 4.74 Å². The van der Waals surface area contributed by atoms with E-state index in [0.29, 0.717) is 6.10 Å². The molecule has 2 aliphatic rings. The Labute approximate surface area is 197 Å². The lowest BCUT2D eigenvalue weighted by molar-refractivity contribution is 0.117. The number of anilines is 1. The molecule has 1 saturated heterocycles. The summed E-state index contributed by atoms with van der Waals surface area (Å²) in [6.45, 7) is 9.65. The van der Waals surface area contributed by atoms with Crippen LogP contribution in [0.3, 0.4) is 0 Å². The number of piperazine rings is 1. The van der Waals surface area contributed by atoms with Gasteiger partial charge in [0.25, 0.3) is 0 Å². The number of nitrogens with zero attached hydrogens (tertiary/aromatic N) is 4. The SMILES string of the molecule is CC(C)C1CCC(Oc2ccc3nc(CN4CCN(c5ccccn5)CC4)ccc3c2)CC1. The summed E-state index contributed by atoms with van der Waals surface area (Å²) in [7, 11) is 0. The molecule has 1 aliphatic heterocycles. The summed E-state index contributed by atoms with van der Waals surface area (Å²) in [6.07, 6.45) is 7.15. The van der Waals surface area contributed by atoms with Crippen LogP contribution in [0.4, 0.5) is 5.82 Å². The van der Waals surface area contributed by atoms with Gasteiger partial charge >= 0.3 is 0 Å². The number of hydrogen-bond acceptors (Lipinski definition) is 5. The minimum atomic E-state index is 0.356. The normalized spacial score (nSPS) is 22.1. The molecule has 1 aromatic carbocycles. The van der Waals surface area contributed by atoms with Crippen molar-refractivity contribution in [3.63, 3.8) is 0 Å². The Kier molecular flexibility index (Phi) is 6.77. The molecule has 5 rings (SSSR count). The number of aromatic nitrogens is 2. The number of fused-ring (bicyclic) bond motifs is 1. The number of rotatable bonds is 6. The fraction of sp³-hybridized carbons (Fsp3) is 0.500. The Morgan fingerprint density at radius 2 is 1.76 bits per heavy atom. The van der Waals surface area contributed by atoms with Crippen LogP contribution in [0.2, 0.25) is 0 Å². The van der Waals surface area contributed by atoms with Crippen LogP contribution in [0.5, 0.6) is 5.75 Å². The Hall–Kier alpha value is -2.66. The molecule has 0 amide bonds. The second kappa shape index (κ2) is 10.1. The summed E-state index contributed by atoms with van der Waals surface area (Å²) in [4.78, 5) is 14.3. The van der Waals surface area contributed by atoms with Gasteiger partial charge in [0.05, 0.1) is 17.3 Å². The van der Waals surface area contributed by atoms with Crippen molar-refractivity contribution in [2.75, 3.05) is 31.1 Å². The molecule has 1 saturated carbocycles. The van der Waals surface area contributed by atoms with Crippen molar-refractivity contribution in [3.8, 4) is 5.75 Å². The number of benzene rings is 1. The zero-order valence-corrected chi connectivity index (χ0v) is 20.0. The molecule has 0 bridgehead atoms. The van der Waals surface area contributed by atoms with Crippen LogP contribution in [-0.4, -0.2) is 47.2 Å². The van der Waals surface area contributed by atoms with Crippen LogP contribution < -0.4 is 9.64 Å². The highest BCUT2D eigenvalue weighted by Gasteiger charge is 2.24. The van der Waals surface area contributed by atoms with Crippen molar-refractivity contribution in [1.82, 2.24) is 14.9 Å². The highest BCUT2D eigenvalue weighted by molar-refractivity contribution is 5.80. The first-order valence-electron chi connectivity index (χ1n) is 12.6. The number of ether oxygens (including phenoxy) is 1. The molecule has 5 heteroatoms. The quantitative estimate of drug-likeness (QED) is 0.499. The van der Waals surface area contributed by atoms with Crippen molar-refractivity contribution >= 4 is 16.7 Å². The van der Waals surface area contributed by atoms with E-state index in [4.69, 9.17) is 9.72 Å². The summed E-state index contributed by atoms with van der Waals surface area (Å²) < 4.78 is 6.34. The molecular weight excluding hydrogens is 408 g/mol. The third kappa shape index (κ3) is 5.47. The van der Waals surface area contributed by atoms with Crippen molar-refractivity contribution in [3.05, 3.63) is 60.4 Å². The summed E-state index contributed by atoms with van der Waals surface area (Å²) >= 11 is 0. The summed E-state index contributed by atoms with van der Waals surface area (Å²) in [5, 5.41) is 1.16. The van der Waals surface area contributed by atoms with Gasteiger partial charge in [-0.3, -0.25) is 9.88 Å². The summed E-state index contributed by atoms with van der Waals surface area (Å²) in [5.41, 5.74) is 2.19. The molecule has 3 heterocycles. The van der Waals surface area contributed by atoms with Crippen LogP contribution in [0.1, 0.15) is 45.2 Å². The predicted molar refractivity (Wildman–Crippen MR) is 135 cm³/mol. The van der Waals surface area contributed by atoms with E-state index < -0.39 is 0 Å². The molecule has 5 nitrogen and oxygen atoms in total. The summed E-state index contributed by atoms with van der Waals surface area (Å²) in [5.74, 6) is 3.71. The number of pyridine rings is 2. The standard InChI is InChI=1S/C28H36N4O/c1-21(2)22-7-10-25(11-8-22)33-26-12-13-27-23(19-26)6-9-24(30-27)20-31-15-17-32(18-16-31)28-5-3-4-14-29-28/h3-6,9,12-14,19,21-22,25H,7-8,10-11,15-18,20H2,1-2H3. The fourth-order valence-corrected chi connectivity index (χ4v) is 5.28. The average Bonchev–Trinajstić information content (AvgIpc) is 2.85. The third-order valence-corrected chi connectivity index (χ3v) is 7.41. The molecular formula is C28H36N4O. The molecule has 1 aliphatic carbocycles. The molecule has 174 valence electrons. The molecule has 0 N–H and O–H groups in total. The Morgan fingerprint density at radius 1 is 0.939 bits per heavy atom. The summed E-state index contributed by atoms with van der Waals surface area (Å²) in [6, 6.07) is 16.9. The van der Waals surface area contributed by atoms with E-state index in [0.717, 1.165) is 72.7 Å². The second-order valence-corrected chi connectivity index (χ2v) is 10.0. The van der Waals surface area contributed by atoms with Crippen molar-refractivity contribution in [2.45, 2.75) is 52.2 Å². The molecule has 0 radical (unpaired) electrons. The molecule has 0 unspecified atom stereocenters. The van der Waals surface area contributed by atoms with Gasteiger partial charge in [-0.15, -0.1) is 0 Å². The van der Waals surface area contributed by atoms with E-state index in [2.05, 4.69) is 71.1 Å². The molecule has 2 fully saturated rings. The monoisotopic (exact) mass is 444 g/mol. The third-order valence-electron chi connectivity index (χ3n) is 7.41. The number of hydrogen-bond donors (Lipinski definition) is 0. The maximum absolute atomic E-state index is 6.34. The van der Waals surface area contributed by atoms with Crippen LogP contribution in [-0.2, 0) is 6.54 Å². The minimum Gasteiger partial charge on any atom is -0.490 e. The van der Waals surface area contributed by atoms with Crippen molar-refractivity contribution in [2.24, 2.45) is 11.8 Å². The van der Waals surface area contributed by atoms with E-state index in [9.17, 15) is 0 Å². The zero-order valence-electron chi connectivity index (χ0n) is 20.0. The first kappa shape index (κ1) is 22.1.